The Hall–Kier alpha value is -1.26. The molecule has 3 nitrogen and oxygen atoms in total. The SMILES string of the molecule is CN(C)c1ccc(NCc2ccc(Cl)cc2Br)cn1. The summed E-state index contributed by atoms with van der Waals surface area (Å²) < 4.78 is 1.00. The van der Waals surface area contributed by atoms with Crippen LogP contribution in [0.2, 0.25) is 5.02 Å². The molecule has 1 N–H and O–H groups in total. The van der Waals surface area contributed by atoms with Crippen molar-refractivity contribution in [2.45, 2.75) is 6.54 Å². The molecule has 0 aliphatic carbocycles. The molecule has 0 saturated carbocycles. The van der Waals surface area contributed by atoms with E-state index in [9.17, 15) is 0 Å². The van der Waals surface area contributed by atoms with Crippen LogP contribution in [0.15, 0.2) is 41.0 Å². The fourth-order valence-electron chi connectivity index (χ4n) is 1.62. The maximum absolute atomic E-state index is 5.92. The third kappa shape index (κ3) is 3.85. The highest BCUT2D eigenvalue weighted by Gasteiger charge is 2.02. The first-order chi connectivity index (χ1) is 9.06. The Morgan fingerprint density at radius 3 is 2.63 bits per heavy atom. The van der Waals surface area contributed by atoms with Crippen LogP contribution in [0.5, 0.6) is 0 Å². The van der Waals surface area contributed by atoms with E-state index in [2.05, 4.69) is 26.2 Å². The lowest BCUT2D eigenvalue weighted by atomic mass is 10.2. The number of nitrogens with one attached hydrogen (secondary N) is 1. The van der Waals surface area contributed by atoms with Crippen molar-refractivity contribution in [2.24, 2.45) is 0 Å². The molecule has 0 amide bonds. The van der Waals surface area contributed by atoms with Crippen LogP contribution in [-0.4, -0.2) is 19.1 Å². The van der Waals surface area contributed by atoms with E-state index in [1.807, 2.05) is 55.5 Å². The predicted octanol–water partition coefficient (Wildman–Crippen LogP) is 4.18. The molecule has 0 aliphatic heterocycles. The second kappa shape index (κ2) is 6.26. The van der Waals surface area contributed by atoms with E-state index in [1.165, 1.54) is 0 Å². The van der Waals surface area contributed by atoms with E-state index in [1.54, 1.807) is 0 Å². The van der Waals surface area contributed by atoms with Crippen LogP contribution < -0.4 is 10.2 Å². The standard InChI is InChI=1S/C14H15BrClN3/c1-19(2)14-6-5-12(9-18-14)17-8-10-3-4-11(16)7-13(10)15/h3-7,9,17H,8H2,1-2H3. The molecule has 0 fully saturated rings. The topological polar surface area (TPSA) is 28.2 Å². The van der Waals surface area contributed by atoms with Crippen LogP contribution >= 0.6 is 27.5 Å². The number of pyridine rings is 1. The lowest BCUT2D eigenvalue weighted by Gasteiger charge is -2.12. The molecule has 19 heavy (non-hydrogen) atoms. The van der Waals surface area contributed by atoms with Gasteiger partial charge in [0, 0.05) is 30.1 Å². The maximum Gasteiger partial charge on any atom is 0.128 e. The van der Waals surface area contributed by atoms with Crippen LogP contribution in [0, 0.1) is 0 Å². The molecule has 1 aromatic heterocycles. The summed E-state index contributed by atoms with van der Waals surface area (Å²) in [6.45, 7) is 0.723. The van der Waals surface area contributed by atoms with Gasteiger partial charge in [0.2, 0.25) is 0 Å². The molecule has 0 aliphatic rings. The van der Waals surface area contributed by atoms with Crippen molar-refractivity contribution in [3.05, 3.63) is 51.6 Å². The molecule has 0 unspecified atom stereocenters. The van der Waals surface area contributed by atoms with Gasteiger partial charge in [-0.25, -0.2) is 4.98 Å². The number of benzene rings is 1. The van der Waals surface area contributed by atoms with Gasteiger partial charge in [0.1, 0.15) is 5.82 Å². The van der Waals surface area contributed by atoms with Gasteiger partial charge in [0.25, 0.3) is 0 Å². The van der Waals surface area contributed by atoms with E-state index >= 15 is 0 Å². The zero-order valence-electron chi connectivity index (χ0n) is 10.8. The van der Waals surface area contributed by atoms with Gasteiger partial charge in [-0.2, -0.15) is 0 Å². The highest BCUT2D eigenvalue weighted by atomic mass is 79.9. The highest BCUT2D eigenvalue weighted by Crippen LogP contribution is 2.22. The Morgan fingerprint density at radius 2 is 2.05 bits per heavy atom. The summed E-state index contributed by atoms with van der Waals surface area (Å²) in [5.74, 6) is 0.943. The Kier molecular flexibility index (Phi) is 4.66. The summed E-state index contributed by atoms with van der Waals surface area (Å²) in [5.41, 5.74) is 2.15. The van der Waals surface area contributed by atoms with E-state index < -0.39 is 0 Å². The van der Waals surface area contributed by atoms with Gasteiger partial charge in [-0.1, -0.05) is 33.6 Å². The average molecular weight is 341 g/mol. The monoisotopic (exact) mass is 339 g/mol. The number of halogens is 2. The largest absolute Gasteiger partial charge is 0.380 e. The maximum atomic E-state index is 5.92. The minimum Gasteiger partial charge on any atom is -0.380 e. The van der Waals surface area contributed by atoms with Crippen molar-refractivity contribution in [3.8, 4) is 0 Å². The van der Waals surface area contributed by atoms with E-state index in [0.717, 1.165) is 33.1 Å². The number of anilines is 2. The van der Waals surface area contributed by atoms with Gasteiger partial charge in [-0.3, -0.25) is 0 Å². The second-order valence-corrected chi connectivity index (χ2v) is 5.68. The van der Waals surface area contributed by atoms with Crippen LogP contribution in [0.25, 0.3) is 0 Å². The Balaban J connectivity index is 2.02. The smallest absolute Gasteiger partial charge is 0.128 e. The van der Waals surface area contributed by atoms with Crippen LogP contribution in [0.1, 0.15) is 5.56 Å². The molecule has 2 aromatic rings. The molecule has 100 valence electrons. The van der Waals surface area contributed by atoms with Gasteiger partial charge >= 0.3 is 0 Å². The third-order valence-corrected chi connectivity index (χ3v) is 3.68. The molecule has 5 heteroatoms. The van der Waals surface area contributed by atoms with Gasteiger partial charge in [-0.05, 0) is 29.8 Å². The first-order valence-corrected chi connectivity index (χ1v) is 7.04. The van der Waals surface area contributed by atoms with Crippen molar-refractivity contribution >= 4 is 39.0 Å². The quantitative estimate of drug-likeness (QED) is 0.905. The molecule has 2 rings (SSSR count). The van der Waals surface area contributed by atoms with Crippen molar-refractivity contribution < 1.29 is 0 Å². The molecule has 1 aromatic carbocycles. The van der Waals surface area contributed by atoms with Crippen molar-refractivity contribution in [3.63, 3.8) is 0 Å². The summed E-state index contributed by atoms with van der Waals surface area (Å²) in [6, 6.07) is 9.79. The van der Waals surface area contributed by atoms with Crippen LogP contribution in [0.3, 0.4) is 0 Å². The Bertz CT molecular complexity index is 555. The van der Waals surface area contributed by atoms with Gasteiger partial charge in [0.05, 0.1) is 11.9 Å². The molecule has 0 bridgehead atoms. The number of aromatic nitrogens is 1. The zero-order chi connectivity index (χ0) is 13.8. The number of rotatable bonds is 4. The lowest BCUT2D eigenvalue weighted by Crippen LogP contribution is -2.10. The van der Waals surface area contributed by atoms with Crippen LogP contribution in [-0.2, 0) is 6.54 Å². The van der Waals surface area contributed by atoms with E-state index in [4.69, 9.17) is 11.6 Å². The van der Waals surface area contributed by atoms with Gasteiger partial charge in [0.15, 0.2) is 0 Å². The number of hydrogen-bond acceptors (Lipinski definition) is 3. The zero-order valence-corrected chi connectivity index (χ0v) is 13.2. The van der Waals surface area contributed by atoms with Crippen molar-refractivity contribution in [1.29, 1.82) is 0 Å². The first kappa shape index (κ1) is 14.2. The highest BCUT2D eigenvalue weighted by molar-refractivity contribution is 9.10. The van der Waals surface area contributed by atoms with E-state index in [0.29, 0.717) is 0 Å². The molecule has 0 spiro atoms. The fourth-order valence-corrected chi connectivity index (χ4v) is 2.44. The molecular weight excluding hydrogens is 326 g/mol. The third-order valence-electron chi connectivity index (χ3n) is 2.70. The summed E-state index contributed by atoms with van der Waals surface area (Å²) in [7, 11) is 3.94. The van der Waals surface area contributed by atoms with Gasteiger partial charge < -0.3 is 10.2 Å². The molecule has 0 atom stereocenters. The average Bonchev–Trinajstić information content (AvgIpc) is 2.38. The van der Waals surface area contributed by atoms with Crippen molar-refractivity contribution in [1.82, 2.24) is 4.98 Å². The summed E-state index contributed by atoms with van der Waals surface area (Å²) in [6.07, 6.45) is 1.83. The Morgan fingerprint density at radius 1 is 1.26 bits per heavy atom. The molecule has 0 radical (unpaired) electrons. The van der Waals surface area contributed by atoms with E-state index in [-0.39, 0.29) is 0 Å². The minimum atomic E-state index is 0.723. The lowest BCUT2D eigenvalue weighted by molar-refractivity contribution is 1.06. The molecule has 1 heterocycles. The summed E-state index contributed by atoms with van der Waals surface area (Å²) >= 11 is 9.42. The first-order valence-electron chi connectivity index (χ1n) is 5.87. The number of nitrogens with zero attached hydrogens (tertiary/aromatic N) is 2. The minimum absolute atomic E-state index is 0.723. The normalized spacial score (nSPS) is 10.3. The summed E-state index contributed by atoms with van der Waals surface area (Å²) in [5, 5.41) is 4.06. The number of hydrogen-bond donors (Lipinski definition) is 1. The predicted molar refractivity (Wildman–Crippen MR) is 85.0 cm³/mol. The fraction of sp³-hybridized carbons (Fsp3) is 0.214. The summed E-state index contributed by atoms with van der Waals surface area (Å²) in [4.78, 5) is 6.33. The van der Waals surface area contributed by atoms with Crippen LogP contribution in [0.4, 0.5) is 11.5 Å². The Labute approximate surface area is 126 Å². The second-order valence-electron chi connectivity index (χ2n) is 4.39. The molecular formula is C14H15BrClN3. The molecule has 0 saturated heterocycles. The van der Waals surface area contributed by atoms with Crippen molar-refractivity contribution in [2.75, 3.05) is 24.3 Å². The van der Waals surface area contributed by atoms with Gasteiger partial charge in [-0.15, -0.1) is 0 Å².